The lowest BCUT2D eigenvalue weighted by Crippen LogP contribution is -2.03. The van der Waals surface area contributed by atoms with E-state index in [1.54, 1.807) is 13.0 Å². The topological polar surface area (TPSA) is 63.1 Å². The molecule has 0 saturated heterocycles. The van der Waals surface area contributed by atoms with Gasteiger partial charge in [0.1, 0.15) is 0 Å². The lowest BCUT2D eigenvalue weighted by atomic mass is 10.3. The predicted molar refractivity (Wildman–Crippen MR) is 43.1 cm³/mol. The van der Waals surface area contributed by atoms with Gasteiger partial charge in [-0.3, -0.25) is 4.79 Å². The fraction of sp³-hybridized carbons (Fsp3) is 0.286. The number of halogens is 1. The van der Waals surface area contributed by atoms with Crippen molar-refractivity contribution < 1.29 is 9.90 Å². The van der Waals surface area contributed by atoms with Crippen molar-refractivity contribution in [1.82, 2.24) is 9.97 Å². The molecule has 1 heterocycles. The lowest BCUT2D eigenvalue weighted by molar-refractivity contribution is -0.136. The quantitative estimate of drug-likeness (QED) is 0.702. The maximum absolute atomic E-state index is 10.3. The first-order valence-corrected chi connectivity index (χ1v) is 3.67. The molecule has 1 aromatic rings. The summed E-state index contributed by atoms with van der Waals surface area (Å²) in [4.78, 5) is 17.8. The summed E-state index contributed by atoms with van der Waals surface area (Å²) in [7, 11) is 0. The highest BCUT2D eigenvalue weighted by Gasteiger charge is 2.04. The largest absolute Gasteiger partial charge is 0.481 e. The molecular weight excluding hydrogens is 180 g/mol. The van der Waals surface area contributed by atoms with E-state index in [-0.39, 0.29) is 11.7 Å². The molecule has 0 spiro atoms. The molecule has 5 heteroatoms. The first kappa shape index (κ1) is 8.93. The summed E-state index contributed by atoms with van der Waals surface area (Å²) in [6.07, 6.45) is -0.122. The summed E-state index contributed by atoms with van der Waals surface area (Å²) in [6, 6.07) is 1.60. The number of aliphatic carboxylic acids is 1. The van der Waals surface area contributed by atoms with Crippen LogP contribution in [0.4, 0.5) is 0 Å². The molecule has 0 aromatic carbocycles. The minimum Gasteiger partial charge on any atom is -0.481 e. The second-order valence-electron chi connectivity index (χ2n) is 2.34. The van der Waals surface area contributed by atoms with Crippen molar-refractivity contribution in [1.29, 1.82) is 0 Å². The first-order valence-electron chi connectivity index (χ1n) is 3.30. The Morgan fingerprint density at radius 2 is 2.33 bits per heavy atom. The summed E-state index contributed by atoms with van der Waals surface area (Å²) in [5.74, 6) is -0.927. The molecule has 0 radical (unpaired) electrons. The molecule has 1 rings (SSSR count). The minimum atomic E-state index is -0.927. The van der Waals surface area contributed by atoms with Crippen LogP contribution in [0.15, 0.2) is 6.07 Å². The molecule has 0 aliphatic rings. The predicted octanol–water partition coefficient (Wildman–Crippen LogP) is 1.07. The molecule has 0 amide bonds. The van der Waals surface area contributed by atoms with Crippen LogP contribution in [0.25, 0.3) is 0 Å². The van der Waals surface area contributed by atoms with Crippen LogP contribution in [0.5, 0.6) is 0 Å². The molecule has 1 N–H and O–H groups in total. The molecule has 0 fully saturated rings. The van der Waals surface area contributed by atoms with Crippen LogP contribution < -0.4 is 0 Å². The van der Waals surface area contributed by atoms with E-state index < -0.39 is 5.97 Å². The zero-order valence-corrected chi connectivity index (χ0v) is 7.17. The first-order chi connectivity index (χ1) is 5.58. The van der Waals surface area contributed by atoms with E-state index in [0.29, 0.717) is 11.4 Å². The Bertz CT molecular complexity index is 294. The van der Waals surface area contributed by atoms with Crippen molar-refractivity contribution in [2.24, 2.45) is 0 Å². The van der Waals surface area contributed by atoms with Crippen LogP contribution in [0.3, 0.4) is 0 Å². The lowest BCUT2D eigenvalue weighted by Gasteiger charge is -1.97. The van der Waals surface area contributed by atoms with E-state index in [1.807, 2.05) is 0 Å². The highest BCUT2D eigenvalue weighted by molar-refractivity contribution is 6.28. The number of nitrogens with zero attached hydrogens (tertiary/aromatic N) is 2. The fourth-order valence-corrected chi connectivity index (χ4v) is 1.08. The molecule has 0 unspecified atom stereocenters. The van der Waals surface area contributed by atoms with E-state index in [9.17, 15) is 4.79 Å². The molecule has 0 atom stereocenters. The number of hydrogen-bond donors (Lipinski definition) is 1. The van der Waals surface area contributed by atoms with E-state index >= 15 is 0 Å². The van der Waals surface area contributed by atoms with Crippen molar-refractivity contribution >= 4 is 17.6 Å². The zero-order chi connectivity index (χ0) is 9.14. The van der Waals surface area contributed by atoms with Gasteiger partial charge in [0.2, 0.25) is 5.28 Å². The van der Waals surface area contributed by atoms with Gasteiger partial charge in [-0.05, 0) is 24.6 Å². The van der Waals surface area contributed by atoms with Crippen LogP contribution in [0.1, 0.15) is 11.4 Å². The monoisotopic (exact) mass is 186 g/mol. The standard InChI is InChI=1S/C7H7ClN2O2/c1-4-2-5(3-6(11)12)10-7(8)9-4/h2H,3H2,1H3,(H,11,12). The van der Waals surface area contributed by atoms with Gasteiger partial charge in [0.05, 0.1) is 12.1 Å². The molecule has 12 heavy (non-hydrogen) atoms. The number of carboxylic acids is 1. The van der Waals surface area contributed by atoms with Crippen molar-refractivity contribution in [3.05, 3.63) is 22.7 Å². The number of rotatable bonds is 2. The van der Waals surface area contributed by atoms with Crippen molar-refractivity contribution in [3.8, 4) is 0 Å². The zero-order valence-electron chi connectivity index (χ0n) is 6.41. The average molecular weight is 187 g/mol. The number of aromatic nitrogens is 2. The third-order valence-corrected chi connectivity index (χ3v) is 1.38. The Labute approximate surface area is 74.2 Å². The minimum absolute atomic E-state index is 0.0891. The highest BCUT2D eigenvalue weighted by Crippen LogP contribution is 2.05. The summed E-state index contributed by atoms with van der Waals surface area (Å²) >= 11 is 5.52. The summed E-state index contributed by atoms with van der Waals surface area (Å²) in [5, 5.41) is 8.53. The third kappa shape index (κ3) is 2.47. The molecule has 0 aliphatic carbocycles. The smallest absolute Gasteiger partial charge is 0.309 e. The number of aryl methyl sites for hydroxylation is 1. The molecule has 64 valence electrons. The summed E-state index contributed by atoms with van der Waals surface area (Å²) < 4.78 is 0. The van der Waals surface area contributed by atoms with Crippen LogP contribution in [0, 0.1) is 6.92 Å². The van der Waals surface area contributed by atoms with Gasteiger partial charge in [0.15, 0.2) is 0 Å². The van der Waals surface area contributed by atoms with Crippen LogP contribution in [0.2, 0.25) is 5.28 Å². The van der Waals surface area contributed by atoms with E-state index in [1.165, 1.54) is 0 Å². The van der Waals surface area contributed by atoms with Crippen molar-refractivity contribution in [2.45, 2.75) is 13.3 Å². The van der Waals surface area contributed by atoms with Gasteiger partial charge in [-0.25, -0.2) is 9.97 Å². The second-order valence-corrected chi connectivity index (χ2v) is 2.68. The number of carboxylic acid groups (broad SMARTS) is 1. The van der Waals surface area contributed by atoms with Crippen molar-refractivity contribution in [2.75, 3.05) is 0 Å². The van der Waals surface area contributed by atoms with Gasteiger partial charge in [-0.15, -0.1) is 0 Å². The molecule has 0 aliphatic heterocycles. The van der Waals surface area contributed by atoms with Crippen molar-refractivity contribution in [3.63, 3.8) is 0 Å². The highest BCUT2D eigenvalue weighted by atomic mass is 35.5. The number of carbonyl (C=O) groups is 1. The van der Waals surface area contributed by atoms with Crippen LogP contribution in [-0.4, -0.2) is 21.0 Å². The van der Waals surface area contributed by atoms with Gasteiger partial charge in [0, 0.05) is 5.69 Å². The van der Waals surface area contributed by atoms with Gasteiger partial charge in [-0.1, -0.05) is 0 Å². The van der Waals surface area contributed by atoms with Gasteiger partial charge in [-0.2, -0.15) is 0 Å². The SMILES string of the molecule is Cc1cc(CC(=O)O)nc(Cl)n1. The molecule has 0 bridgehead atoms. The number of hydrogen-bond acceptors (Lipinski definition) is 3. The average Bonchev–Trinajstić information content (AvgIpc) is 1.81. The Kier molecular flexibility index (Phi) is 2.60. The van der Waals surface area contributed by atoms with Gasteiger partial charge in [0.25, 0.3) is 0 Å². The molecular formula is C7H7ClN2O2. The van der Waals surface area contributed by atoms with E-state index in [2.05, 4.69) is 9.97 Å². The van der Waals surface area contributed by atoms with Gasteiger partial charge < -0.3 is 5.11 Å². The van der Waals surface area contributed by atoms with Gasteiger partial charge >= 0.3 is 5.97 Å². The fourth-order valence-electron chi connectivity index (χ4n) is 0.840. The molecule has 4 nitrogen and oxygen atoms in total. The Morgan fingerprint density at radius 1 is 1.67 bits per heavy atom. The maximum atomic E-state index is 10.3. The van der Waals surface area contributed by atoms with E-state index in [4.69, 9.17) is 16.7 Å². The second kappa shape index (κ2) is 3.49. The van der Waals surface area contributed by atoms with Crippen LogP contribution >= 0.6 is 11.6 Å². The molecule has 0 saturated carbocycles. The maximum Gasteiger partial charge on any atom is 0.309 e. The van der Waals surface area contributed by atoms with E-state index in [0.717, 1.165) is 0 Å². The Hall–Kier alpha value is -1.16. The summed E-state index contributed by atoms with van der Waals surface area (Å²) in [5.41, 5.74) is 1.10. The summed E-state index contributed by atoms with van der Waals surface area (Å²) in [6.45, 7) is 1.74. The Balaban J connectivity index is 2.93. The third-order valence-electron chi connectivity index (χ3n) is 1.21. The normalized spacial score (nSPS) is 9.83. The van der Waals surface area contributed by atoms with Crippen LogP contribution in [-0.2, 0) is 11.2 Å². The Morgan fingerprint density at radius 3 is 2.83 bits per heavy atom. The molecule has 1 aromatic heterocycles.